The molecule has 0 radical (unpaired) electrons. The predicted octanol–water partition coefficient (Wildman–Crippen LogP) is 3.27. The molecule has 0 saturated heterocycles. The van der Waals surface area contributed by atoms with Crippen LogP contribution in [0.15, 0.2) is 48.5 Å². The molecule has 2 aromatic carbocycles. The number of amides is 1. The van der Waals surface area contributed by atoms with E-state index >= 15 is 0 Å². The lowest BCUT2D eigenvalue weighted by atomic mass is 10.2. The number of carbonyl (C=O) groups excluding carboxylic acids is 1. The molecule has 0 aliphatic carbocycles. The normalized spacial score (nSPS) is 11.6. The molecule has 0 spiro atoms. The molecule has 0 heterocycles. The second-order valence-electron chi connectivity index (χ2n) is 5.65. The molecule has 1 atom stereocenters. The summed E-state index contributed by atoms with van der Waals surface area (Å²) < 4.78 is 11.2. The van der Waals surface area contributed by atoms with Gasteiger partial charge in [-0.25, -0.2) is 0 Å². The first-order valence-electron chi connectivity index (χ1n) is 7.72. The van der Waals surface area contributed by atoms with Crippen LogP contribution in [-0.4, -0.2) is 25.2 Å². The molecule has 1 N–H and O–H groups in total. The van der Waals surface area contributed by atoms with Gasteiger partial charge in [-0.15, -0.1) is 0 Å². The van der Waals surface area contributed by atoms with E-state index in [9.17, 15) is 4.79 Å². The van der Waals surface area contributed by atoms with Gasteiger partial charge >= 0.3 is 0 Å². The topological polar surface area (TPSA) is 47.6 Å². The number of ether oxygens (including phenoxy) is 2. The van der Waals surface area contributed by atoms with Gasteiger partial charge in [-0.2, -0.15) is 0 Å². The van der Waals surface area contributed by atoms with Crippen LogP contribution >= 0.6 is 0 Å². The van der Waals surface area contributed by atoms with Crippen molar-refractivity contribution < 1.29 is 14.3 Å². The maximum Gasteiger partial charge on any atom is 0.258 e. The number of aryl methyl sites for hydroxylation is 2. The number of carbonyl (C=O) groups is 1. The fourth-order valence-electron chi connectivity index (χ4n) is 2.08. The zero-order valence-corrected chi connectivity index (χ0v) is 13.8. The molecule has 0 bridgehead atoms. The highest BCUT2D eigenvalue weighted by atomic mass is 16.5. The summed E-state index contributed by atoms with van der Waals surface area (Å²) in [6.07, 6.45) is 0. The summed E-state index contributed by atoms with van der Waals surface area (Å²) >= 11 is 0. The average Bonchev–Trinajstić information content (AvgIpc) is 2.53. The van der Waals surface area contributed by atoms with Crippen LogP contribution in [0.4, 0.5) is 0 Å². The molecule has 2 rings (SSSR count). The minimum absolute atomic E-state index is 0.000273. The quantitative estimate of drug-likeness (QED) is 0.853. The van der Waals surface area contributed by atoms with Crippen molar-refractivity contribution in [3.63, 3.8) is 0 Å². The maximum absolute atomic E-state index is 11.9. The van der Waals surface area contributed by atoms with Crippen LogP contribution in [0.3, 0.4) is 0 Å². The van der Waals surface area contributed by atoms with E-state index in [1.165, 1.54) is 5.56 Å². The standard InChI is InChI=1S/C19H23NO3/c1-14-8-10-17(11-9-14)22-12-16(3)20-19(21)13-23-18-7-5-4-6-15(18)2/h4-11,16H,12-13H2,1-3H3,(H,20,21)/t16-/m1/s1. The van der Waals surface area contributed by atoms with E-state index < -0.39 is 0 Å². The number of hydrogen-bond acceptors (Lipinski definition) is 3. The molecule has 0 fully saturated rings. The van der Waals surface area contributed by atoms with Crippen LogP contribution in [0.1, 0.15) is 18.1 Å². The van der Waals surface area contributed by atoms with E-state index in [1.807, 2.05) is 69.3 Å². The fourth-order valence-corrected chi connectivity index (χ4v) is 2.08. The Morgan fingerprint density at radius 3 is 2.43 bits per heavy atom. The summed E-state index contributed by atoms with van der Waals surface area (Å²) in [6, 6.07) is 15.4. The Morgan fingerprint density at radius 2 is 1.74 bits per heavy atom. The van der Waals surface area contributed by atoms with Crippen LogP contribution < -0.4 is 14.8 Å². The Bertz CT molecular complexity index is 637. The summed E-state index contributed by atoms with van der Waals surface area (Å²) in [6.45, 7) is 6.30. The number of hydrogen-bond donors (Lipinski definition) is 1. The van der Waals surface area contributed by atoms with E-state index in [0.29, 0.717) is 6.61 Å². The molecule has 0 aromatic heterocycles. The Hall–Kier alpha value is -2.49. The second kappa shape index (κ2) is 8.22. The largest absolute Gasteiger partial charge is 0.491 e. The third-order valence-corrected chi connectivity index (χ3v) is 3.38. The van der Waals surface area contributed by atoms with E-state index in [1.54, 1.807) is 0 Å². The van der Waals surface area contributed by atoms with Gasteiger partial charge in [0.25, 0.3) is 5.91 Å². The van der Waals surface area contributed by atoms with Gasteiger partial charge in [-0.1, -0.05) is 35.9 Å². The van der Waals surface area contributed by atoms with Gasteiger partial charge in [0.2, 0.25) is 0 Å². The lowest BCUT2D eigenvalue weighted by Gasteiger charge is -2.16. The molecule has 4 nitrogen and oxygen atoms in total. The van der Waals surface area contributed by atoms with Crippen molar-refractivity contribution in [2.24, 2.45) is 0 Å². The van der Waals surface area contributed by atoms with Crippen molar-refractivity contribution in [2.45, 2.75) is 26.8 Å². The molecule has 0 aliphatic rings. The SMILES string of the molecule is Cc1ccc(OC[C@@H](C)NC(=O)COc2ccccc2C)cc1. The van der Waals surface area contributed by atoms with E-state index in [-0.39, 0.29) is 18.6 Å². The second-order valence-corrected chi connectivity index (χ2v) is 5.65. The number of para-hydroxylation sites is 1. The van der Waals surface area contributed by atoms with Crippen molar-refractivity contribution in [2.75, 3.05) is 13.2 Å². The van der Waals surface area contributed by atoms with Crippen LogP contribution in [0.5, 0.6) is 11.5 Å². The molecule has 0 aliphatic heterocycles. The smallest absolute Gasteiger partial charge is 0.258 e. The Balaban J connectivity index is 1.72. The molecular formula is C19H23NO3. The molecule has 0 unspecified atom stereocenters. The molecule has 2 aromatic rings. The van der Waals surface area contributed by atoms with Gasteiger partial charge in [-0.3, -0.25) is 4.79 Å². The third kappa shape index (κ3) is 5.66. The van der Waals surface area contributed by atoms with Crippen molar-refractivity contribution in [3.8, 4) is 11.5 Å². The highest BCUT2D eigenvalue weighted by Crippen LogP contribution is 2.15. The Labute approximate surface area is 137 Å². The Kier molecular flexibility index (Phi) is 6.03. The van der Waals surface area contributed by atoms with Gasteiger partial charge in [0.05, 0.1) is 6.04 Å². The number of nitrogens with one attached hydrogen (secondary N) is 1. The van der Waals surface area contributed by atoms with Gasteiger partial charge in [0.1, 0.15) is 18.1 Å². The maximum atomic E-state index is 11.9. The van der Waals surface area contributed by atoms with Crippen molar-refractivity contribution in [3.05, 3.63) is 59.7 Å². The fraction of sp³-hybridized carbons (Fsp3) is 0.316. The van der Waals surface area contributed by atoms with E-state index in [4.69, 9.17) is 9.47 Å². The summed E-state index contributed by atoms with van der Waals surface area (Å²) in [5.41, 5.74) is 2.20. The summed E-state index contributed by atoms with van der Waals surface area (Å²) in [5, 5.41) is 2.86. The predicted molar refractivity (Wildman–Crippen MR) is 91.0 cm³/mol. The highest BCUT2D eigenvalue weighted by Gasteiger charge is 2.09. The minimum atomic E-state index is -0.159. The van der Waals surface area contributed by atoms with Crippen molar-refractivity contribution >= 4 is 5.91 Å². The first-order valence-corrected chi connectivity index (χ1v) is 7.72. The van der Waals surface area contributed by atoms with Gasteiger partial charge in [-0.05, 0) is 44.5 Å². The molecule has 122 valence electrons. The van der Waals surface area contributed by atoms with Crippen LogP contribution in [0.25, 0.3) is 0 Å². The highest BCUT2D eigenvalue weighted by molar-refractivity contribution is 5.77. The molecule has 0 saturated carbocycles. The van der Waals surface area contributed by atoms with Gasteiger partial charge in [0.15, 0.2) is 6.61 Å². The monoisotopic (exact) mass is 313 g/mol. The van der Waals surface area contributed by atoms with Crippen molar-refractivity contribution in [1.29, 1.82) is 0 Å². The van der Waals surface area contributed by atoms with E-state index in [2.05, 4.69) is 5.32 Å². The van der Waals surface area contributed by atoms with Gasteiger partial charge in [0, 0.05) is 0 Å². The van der Waals surface area contributed by atoms with Crippen LogP contribution in [0.2, 0.25) is 0 Å². The molecular weight excluding hydrogens is 290 g/mol. The molecule has 4 heteroatoms. The van der Waals surface area contributed by atoms with Crippen LogP contribution in [0, 0.1) is 13.8 Å². The Morgan fingerprint density at radius 1 is 1.04 bits per heavy atom. The zero-order valence-electron chi connectivity index (χ0n) is 13.8. The van der Waals surface area contributed by atoms with E-state index in [0.717, 1.165) is 17.1 Å². The summed E-state index contributed by atoms with van der Waals surface area (Å²) in [4.78, 5) is 11.9. The molecule has 1 amide bonds. The van der Waals surface area contributed by atoms with Crippen LogP contribution in [-0.2, 0) is 4.79 Å². The summed E-state index contributed by atoms with van der Waals surface area (Å²) in [7, 11) is 0. The summed E-state index contributed by atoms with van der Waals surface area (Å²) in [5.74, 6) is 1.37. The van der Waals surface area contributed by atoms with Crippen molar-refractivity contribution in [1.82, 2.24) is 5.32 Å². The minimum Gasteiger partial charge on any atom is -0.491 e. The lowest BCUT2D eigenvalue weighted by molar-refractivity contribution is -0.123. The van der Waals surface area contributed by atoms with Gasteiger partial charge < -0.3 is 14.8 Å². The number of rotatable bonds is 7. The lowest BCUT2D eigenvalue weighted by Crippen LogP contribution is -2.39. The molecule has 23 heavy (non-hydrogen) atoms. The first kappa shape index (κ1) is 16.9. The average molecular weight is 313 g/mol. The number of benzene rings is 2. The zero-order chi connectivity index (χ0) is 16.7. The third-order valence-electron chi connectivity index (χ3n) is 3.38. The first-order chi connectivity index (χ1) is 11.0.